The number of unbranched alkanes of at least 4 members (excludes halogenated alkanes) is 1. The standard InChI is InChI=1S/C10H22N2O2S2/c1-2-16(13,14)10-9-15-8-7-12(10)6-4-3-5-11/h10H,2-9,11H2,1H3. The Morgan fingerprint density at radius 2 is 2.19 bits per heavy atom. The van der Waals surface area contributed by atoms with Crippen LogP contribution in [0.3, 0.4) is 0 Å². The molecule has 1 saturated heterocycles. The zero-order valence-corrected chi connectivity index (χ0v) is 11.5. The fourth-order valence-electron chi connectivity index (χ4n) is 1.85. The average molecular weight is 266 g/mol. The van der Waals surface area contributed by atoms with Gasteiger partial charge in [0.2, 0.25) is 0 Å². The van der Waals surface area contributed by atoms with E-state index in [4.69, 9.17) is 5.73 Å². The number of hydrogen-bond acceptors (Lipinski definition) is 5. The molecule has 0 bridgehead atoms. The van der Waals surface area contributed by atoms with Gasteiger partial charge in [-0.3, -0.25) is 4.90 Å². The van der Waals surface area contributed by atoms with Crippen LogP contribution in [0.4, 0.5) is 0 Å². The summed E-state index contributed by atoms with van der Waals surface area (Å²) in [5, 5.41) is -0.269. The normalized spacial score (nSPS) is 23.5. The molecule has 0 aromatic rings. The van der Waals surface area contributed by atoms with Gasteiger partial charge in [0.1, 0.15) is 5.37 Å². The third-order valence-electron chi connectivity index (χ3n) is 2.91. The quantitative estimate of drug-likeness (QED) is 0.711. The van der Waals surface area contributed by atoms with Gasteiger partial charge in [-0.15, -0.1) is 0 Å². The number of rotatable bonds is 6. The van der Waals surface area contributed by atoms with Gasteiger partial charge in [0.15, 0.2) is 9.84 Å². The molecule has 0 amide bonds. The lowest BCUT2D eigenvalue weighted by molar-refractivity contribution is 0.265. The minimum atomic E-state index is -2.93. The van der Waals surface area contributed by atoms with Crippen LogP contribution in [0.5, 0.6) is 0 Å². The fraction of sp³-hybridized carbons (Fsp3) is 1.00. The number of nitrogens with zero attached hydrogens (tertiary/aromatic N) is 1. The molecule has 16 heavy (non-hydrogen) atoms. The average Bonchev–Trinajstić information content (AvgIpc) is 2.30. The van der Waals surface area contributed by atoms with E-state index in [9.17, 15) is 8.42 Å². The van der Waals surface area contributed by atoms with E-state index in [2.05, 4.69) is 4.90 Å². The van der Waals surface area contributed by atoms with Crippen molar-refractivity contribution >= 4 is 21.6 Å². The molecule has 1 fully saturated rings. The summed E-state index contributed by atoms with van der Waals surface area (Å²) < 4.78 is 23.8. The molecule has 4 nitrogen and oxygen atoms in total. The first kappa shape index (κ1) is 14.3. The highest BCUT2D eigenvalue weighted by Crippen LogP contribution is 2.21. The Labute approximate surface area is 103 Å². The Kier molecular flexibility index (Phi) is 6.10. The van der Waals surface area contributed by atoms with Gasteiger partial charge in [-0.2, -0.15) is 11.8 Å². The minimum absolute atomic E-state index is 0.242. The first-order valence-electron chi connectivity index (χ1n) is 5.85. The van der Waals surface area contributed by atoms with Gasteiger partial charge in [-0.1, -0.05) is 6.92 Å². The van der Waals surface area contributed by atoms with Gasteiger partial charge >= 0.3 is 0 Å². The molecule has 0 radical (unpaired) electrons. The van der Waals surface area contributed by atoms with Gasteiger partial charge in [0.25, 0.3) is 0 Å². The van der Waals surface area contributed by atoms with Crippen molar-refractivity contribution in [1.29, 1.82) is 0 Å². The second-order valence-corrected chi connectivity index (χ2v) is 7.61. The maximum absolute atomic E-state index is 11.9. The Morgan fingerprint density at radius 3 is 2.81 bits per heavy atom. The van der Waals surface area contributed by atoms with Crippen LogP contribution >= 0.6 is 11.8 Å². The summed E-state index contributed by atoms with van der Waals surface area (Å²) in [4.78, 5) is 2.12. The van der Waals surface area contributed by atoms with E-state index in [1.165, 1.54) is 0 Å². The first-order valence-corrected chi connectivity index (χ1v) is 8.72. The van der Waals surface area contributed by atoms with E-state index in [0.29, 0.717) is 6.54 Å². The molecule has 0 spiro atoms. The molecule has 6 heteroatoms. The molecule has 1 heterocycles. The van der Waals surface area contributed by atoms with Crippen LogP contribution in [0.2, 0.25) is 0 Å². The van der Waals surface area contributed by atoms with Crippen LogP contribution in [0.1, 0.15) is 19.8 Å². The highest BCUT2D eigenvalue weighted by atomic mass is 32.2. The molecule has 1 aliphatic heterocycles. The van der Waals surface area contributed by atoms with E-state index < -0.39 is 9.84 Å². The Balaban J connectivity index is 2.57. The lowest BCUT2D eigenvalue weighted by atomic mass is 10.3. The maximum Gasteiger partial charge on any atom is 0.166 e. The van der Waals surface area contributed by atoms with Crippen molar-refractivity contribution in [2.45, 2.75) is 25.1 Å². The third-order valence-corrected chi connectivity index (χ3v) is 6.24. The number of nitrogens with two attached hydrogens (primary N) is 1. The molecule has 1 atom stereocenters. The summed E-state index contributed by atoms with van der Waals surface area (Å²) >= 11 is 1.74. The number of thioether (sulfide) groups is 1. The van der Waals surface area contributed by atoms with E-state index in [1.807, 2.05) is 0 Å². The second kappa shape index (κ2) is 6.83. The van der Waals surface area contributed by atoms with Crippen molar-refractivity contribution in [3.63, 3.8) is 0 Å². The summed E-state index contributed by atoms with van der Waals surface area (Å²) in [7, 11) is -2.93. The Morgan fingerprint density at radius 1 is 1.44 bits per heavy atom. The van der Waals surface area contributed by atoms with E-state index in [0.717, 1.165) is 37.4 Å². The van der Waals surface area contributed by atoms with E-state index >= 15 is 0 Å². The summed E-state index contributed by atoms with van der Waals surface area (Å²) in [5.41, 5.74) is 5.45. The number of sulfone groups is 1. The number of hydrogen-bond donors (Lipinski definition) is 1. The molecular formula is C10H22N2O2S2. The van der Waals surface area contributed by atoms with Crippen molar-refractivity contribution in [3.8, 4) is 0 Å². The van der Waals surface area contributed by atoms with Gasteiger partial charge in [-0.05, 0) is 25.9 Å². The van der Waals surface area contributed by atoms with Crippen molar-refractivity contribution < 1.29 is 8.42 Å². The van der Waals surface area contributed by atoms with Crippen molar-refractivity contribution in [1.82, 2.24) is 4.90 Å². The van der Waals surface area contributed by atoms with Gasteiger partial charge in [-0.25, -0.2) is 8.42 Å². The Hall–Kier alpha value is 0.220. The van der Waals surface area contributed by atoms with Crippen molar-refractivity contribution in [2.24, 2.45) is 5.73 Å². The largest absolute Gasteiger partial charge is 0.330 e. The molecule has 0 aromatic heterocycles. The van der Waals surface area contributed by atoms with Crippen LogP contribution in [-0.2, 0) is 9.84 Å². The molecular weight excluding hydrogens is 244 g/mol. The zero-order chi connectivity index (χ0) is 12.0. The van der Waals surface area contributed by atoms with Gasteiger partial charge in [0, 0.05) is 23.8 Å². The minimum Gasteiger partial charge on any atom is -0.330 e. The maximum atomic E-state index is 11.9. The molecule has 0 saturated carbocycles. The summed E-state index contributed by atoms with van der Waals surface area (Å²) in [6, 6.07) is 0. The van der Waals surface area contributed by atoms with Crippen LogP contribution in [0.15, 0.2) is 0 Å². The van der Waals surface area contributed by atoms with Crippen LogP contribution in [0, 0.1) is 0 Å². The van der Waals surface area contributed by atoms with Crippen LogP contribution < -0.4 is 5.73 Å². The molecule has 96 valence electrons. The van der Waals surface area contributed by atoms with Crippen LogP contribution in [-0.4, -0.2) is 55.6 Å². The highest BCUT2D eigenvalue weighted by molar-refractivity contribution is 8.01. The molecule has 1 rings (SSSR count). The van der Waals surface area contributed by atoms with Crippen molar-refractivity contribution in [2.75, 3.05) is 36.9 Å². The Bertz CT molecular complexity index is 293. The molecule has 0 aromatic carbocycles. The predicted molar refractivity (Wildman–Crippen MR) is 70.4 cm³/mol. The second-order valence-electron chi connectivity index (χ2n) is 4.01. The third kappa shape index (κ3) is 3.91. The smallest absolute Gasteiger partial charge is 0.166 e. The topological polar surface area (TPSA) is 63.4 Å². The van der Waals surface area contributed by atoms with E-state index in [-0.39, 0.29) is 11.1 Å². The molecule has 1 aliphatic rings. The summed E-state index contributed by atoms with van der Waals surface area (Å²) in [6.45, 7) is 4.17. The SMILES string of the molecule is CCS(=O)(=O)C1CSCCN1CCCCN. The highest BCUT2D eigenvalue weighted by Gasteiger charge is 2.32. The first-order chi connectivity index (χ1) is 7.61. The molecule has 0 aliphatic carbocycles. The van der Waals surface area contributed by atoms with Gasteiger partial charge in [0.05, 0.1) is 0 Å². The zero-order valence-electron chi connectivity index (χ0n) is 9.89. The fourth-order valence-corrected chi connectivity index (χ4v) is 4.96. The van der Waals surface area contributed by atoms with Crippen LogP contribution in [0.25, 0.3) is 0 Å². The monoisotopic (exact) mass is 266 g/mol. The van der Waals surface area contributed by atoms with E-state index in [1.54, 1.807) is 18.7 Å². The summed E-state index contributed by atoms with van der Waals surface area (Å²) in [6.07, 6.45) is 1.97. The summed E-state index contributed by atoms with van der Waals surface area (Å²) in [5.74, 6) is 2.00. The lowest BCUT2D eigenvalue weighted by Gasteiger charge is -2.34. The predicted octanol–water partition coefficient (Wildman–Crippen LogP) is 0.535. The molecule has 1 unspecified atom stereocenters. The van der Waals surface area contributed by atoms with Gasteiger partial charge < -0.3 is 5.73 Å². The lowest BCUT2D eigenvalue weighted by Crippen LogP contribution is -2.48. The molecule has 2 N–H and O–H groups in total. The van der Waals surface area contributed by atoms with Crippen molar-refractivity contribution in [3.05, 3.63) is 0 Å².